The molecule has 4 rings (SSSR count). The van der Waals surface area contributed by atoms with Crippen molar-refractivity contribution in [2.75, 3.05) is 12.9 Å². The molecule has 1 aromatic heterocycles. The molecule has 0 saturated carbocycles. The normalized spacial score (nSPS) is 24.8. The second kappa shape index (κ2) is 4.71. The monoisotopic (exact) mass is 300 g/mol. The molecule has 1 aromatic carbocycles. The lowest BCUT2D eigenvalue weighted by molar-refractivity contribution is -0.396. The topological polar surface area (TPSA) is 30.1 Å². The van der Waals surface area contributed by atoms with E-state index in [0.29, 0.717) is 5.92 Å². The zero-order chi connectivity index (χ0) is 14.6. The number of benzene rings is 1. The number of fused-ring (bicyclic) bond motifs is 5. The highest BCUT2D eigenvalue weighted by molar-refractivity contribution is 7.98. The van der Waals surface area contributed by atoms with Crippen LogP contribution < -0.4 is 0 Å². The molecule has 0 fully saturated rings. The molecule has 2 aliphatic rings. The average Bonchev–Trinajstić information content (AvgIpc) is 2.87. The molecule has 0 radical (unpaired) electrons. The number of imidazole rings is 1. The van der Waals surface area contributed by atoms with Crippen molar-refractivity contribution in [3.63, 3.8) is 0 Å². The summed E-state index contributed by atoms with van der Waals surface area (Å²) >= 11 is 1.81. The van der Waals surface area contributed by atoms with Crippen molar-refractivity contribution < 1.29 is 9.31 Å². The summed E-state index contributed by atoms with van der Waals surface area (Å²) in [6.45, 7) is 4.38. The molecule has 21 heavy (non-hydrogen) atoms. The van der Waals surface area contributed by atoms with E-state index in [2.05, 4.69) is 46.8 Å². The molecule has 5 heteroatoms. The van der Waals surface area contributed by atoms with Crippen molar-refractivity contribution in [2.45, 2.75) is 20.0 Å². The van der Waals surface area contributed by atoms with Crippen molar-refractivity contribution in [1.29, 1.82) is 0 Å². The number of hydrogen-bond acceptors (Lipinski definition) is 3. The predicted octanol–water partition coefficient (Wildman–Crippen LogP) is 3.20. The molecule has 0 spiro atoms. The van der Waals surface area contributed by atoms with Gasteiger partial charge in [-0.15, -0.1) is 0 Å². The Bertz CT molecular complexity index is 790. The Kier molecular flexibility index (Phi) is 2.94. The van der Waals surface area contributed by atoms with Gasteiger partial charge < -0.3 is 4.74 Å². The number of rotatable bonds is 1. The van der Waals surface area contributed by atoms with E-state index in [-0.39, 0.29) is 6.10 Å². The van der Waals surface area contributed by atoms with E-state index in [0.717, 1.165) is 17.2 Å². The number of nitrogens with zero attached hydrogens (tertiary/aromatic N) is 3. The van der Waals surface area contributed by atoms with Crippen LogP contribution in [0.2, 0.25) is 0 Å². The Hall–Kier alpha value is -1.59. The second-order valence-electron chi connectivity index (χ2n) is 5.63. The highest BCUT2D eigenvalue weighted by atomic mass is 32.2. The fourth-order valence-corrected chi connectivity index (χ4v) is 4.47. The molecule has 3 heterocycles. The Morgan fingerprint density at radius 2 is 2.19 bits per heavy atom. The van der Waals surface area contributed by atoms with Gasteiger partial charge in [-0.05, 0) is 24.6 Å². The molecule has 0 saturated heterocycles. The van der Waals surface area contributed by atoms with E-state index in [1.165, 1.54) is 16.8 Å². The maximum atomic E-state index is 5.66. The van der Waals surface area contributed by atoms with Crippen LogP contribution in [0.5, 0.6) is 0 Å². The summed E-state index contributed by atoms with van der Waals surface area (Å²) in [6.07, 6.45) is 2.42. The average molecular weight is 300 g/mol. The molecular formula is C16H18N3OS+. The fraction of sp³-hybridized carbons (Fsp3) is 0.375. The SMILES string of the molecule is COC1C(C)=C2CSn3c(nc4ccccc43)[N+]2=CC1C. The van der Waals surface area contributed by atoms with Gasteiger partial charge in [0, 0.05) is 25.0 Å². The minimum Gasteiger partial charge on any atom is -0.376 e. The second-order valence-corrected chi connectivity index (χ2v) is 6.54. The Morgan fingerprint density at radius 3 is 3.00 bits per heavy atom. The maximum absolute atomic E-state index is 5.66. The van der Waals surface area contributed by atoms with Gasteiger partial charge in [0.25, 0.3) is 0 Å². The van der Waals surface area contributed by atoms with Crippen LogP contribution >= 0.6 is 11.9 Å². The number of para-hydroxylation sites is 2. The third-order valence-electron chi connectivity index (χ3n) is 4.34. The van der Waals surface area contributed by atoms with E-state index in [9.17, 15) is 0 Å². The van der Waals surface area contributed by atoms with Crippen LogP contribution in [0.4, 0.5) is 5.95 Å². The van der Waals surface area contributed by atoms with E-state index >= 15 is 0 Å². The summed E-state index contributed by atoms with van der Waals surface area (Å²) in [7, 11) is 1.79. The lowest BCUT2D eigenvalue weighted by atomic mass is 9.94. The Morgan fingerprint density at radius 1 is 1.38 bits per heavy atom. The van der Waals surface area contributed by atoms with Gasteiger partial charge >= 0.3 is 5.95 Å². The zero-order valence-corrected chi connectivity index (χ0v) is 13.2. The molecular weight excluding hydrogens is 282 g/mol. The van der Waals surface area contributed by atoms with Crippen molar-refractivity contribution in [1.82, 2.24) is 8.96 Å². The maximum Gasteiger partial charge on any atom is 0.415 e. The van der Waals surface area contributed by atoms with Crippen molar-refractivity contribution >= 4 is 35.1 Å². The van der Waals surface area contributed by atoms with Crippen LogP contribution in [0.25, 0.3) is 11.0 Å². The first-order valence-corrected chi connectivity index (χ1v) is 8.12. The molecule has 108 valence electrons. The van der Waals surface area contributed by atoms with E-state index < -0.39 is 0 Å². The Balaban J connectivity index is 1.94. The van der Waals surface area contributed by atoms with Crippen LogP contribution in [0.3, 0.4) is 0 Å². The summed E-state index contributed by atoms with van der Waals surface area (Å²) in [5, 5.41) is 0. The van der Waals surface area contributed by atoms with Crippen molar-refractivity contribution in [3.8, 4) is 0 Å². The molecule has 2 aromatic rings. The quantitative estimate of drug-likeness (QED) is 0.758. The molecule has 2 unspecified atom stereocenters. The predicted molar refractivity (Wildman–Crippen MR) is 86.2 cm³/mol. The van der Waals surface area contributed by atoms with Crippen molar-refractivity contribution in [3.05, 3.63) is 35.5 Å². The van der Waals surface area contributed by atoms with Crippen molar-refractivity contribution in [2.24, 2.45) is 5.92 Å². The molecule has 4 nitrogen and oxygen atoms in total. The molecule has 2 atom stereocenters. The van der Waals surface area contributed by atoms with Gasteiger partial charge in [0.1, 0.15) is 0 Å². The minimum absolute atomic E-state index is 0.174. The lowest BCUT2D eigenvalue weighted by Gasteiger charge is -2.30. The highest BCUT2D eigenvalue weighted by Gasteiger charge is 2.37. The van der Waals surface area contributed by atoms with Gasteiger partial charge in [-0.3, -0.25) is 0 Å². The molecule has 0 bridgehead atoms. The molecule has 2 aliphatic heterocycles. The van der Waals surface area contributed by atoms with Crippen LogP contribution in [0, 0.1) is 5.92 Å². The first-order chi connectivity index (χ1) is 10.2. The van der Waals surface area contributed by atoms with Crippen LogP contribution in [0.1, 0.15) is 13.8 Å². The van der Waals surface area contributed by atoms with Crippen LogP contribution in [-0.4, -0.2) is 38.7 Å². The van der Waals surface area contributed by atoms with Gasteiger partial charge in [0.15, 0.2) is 11.0 Å². The summed E-state index contributed by atoms with van der Waals surface area (Å²) in [4.78, 5) is 4.82. The smallest absolute Gasteiger partial charge is 0.376 e. The summed E-state index contributed by atoms with van der Waals surface area (Å²) in [5.74, 6) is 2.29. The largest absolute Gasteiger partial charge is 0.415 e. The van der Waals surface area contributed by atoms with Gasteiger partial charge in [-0.1, -0.05) is 24.0 Å². The van der Waals surface area contributed by atoms with Crippen LogP contribution in [-0.2, 0) is 4.74 Å². The number of aromatic nitrogens is 2. The Labute approximate surface area is 128 Å². The van der Waals surface area contributed by atoms with E-state index in [1.807, 2.05) is 18.0 Å². The minimum atomic E-state index is 0.174. The molecule has 0 amide bonds. The lowest BCUT2D eigenvalue weighted by Crippen LogP contribution is -2.35. The fourth-order valence-electron chi connectivity index (χ4n) is 3.31. The number of ether oxygens (including phenoxy) is 1. The number of hydrogen-bond donors (Lipinski definition) is 0. The first-order valence-electron chi connectivity index (χ1n) is 7.18. The van der Waals surface area contributed by atoms with Gasteiger partial charge in [-0.2, -0.15) is 3.97 Å². The highest BCUT2D eigenvalue weighted by Crippen LogP contribution is 2.38. The number of methoxy groups -OCH3 is 1. The van der Waals surface area contributed by atoms with Crippen LogP contribution in [0.15, 0.2) is 35.5 Å². The standard InChI is InChI=1S/C16H18N3OS/c1-10-8-18-14(11(2)15(10)20-3)9-21-19-13-7-5-4-6-12(13)17-16(18)19/h4-8,10,15H,9H2,1-3H3/q+1. The van der Waals surface area contributed by atoms with Gasteiger partial charge in [0.2, 0.25) is 0 Å². The van der Waals surface area contributed by atoms with E-state index in [1.54, 1.807) is 7.11 Å². The first kappa shape index (κ1) is 13.1. The third-order valence-corrected chi connectivity index (χ3v) is 5.36. The zero-order valence-electron chi connectivity index (χ0n) is 12.4. The van der Waals surface area contributed by atoms with Gasteiger partial charge in [-0.25, -0.2) is 4.58 Å². The third kappa shape index (κ3) is 1.80. The van der Waals surface area contributed by atoms with Gasteiger partial charge in [0.05, 0.1) is 23.8 Å². The molecule has 0 aliphatic carbocycles. The van der Waals surface area contributed by atoms with E-state index in [4.69, 9.17) is 9.72 Å². The summed E-state index contributed by atoms with van der Waals surface area (Å²) in [5.41, 5.74) is 4.86. The summed E-state index contributed by atoms with van der Waals surface area (Å²) in [6, 6.07) is 8.31. The molecule has 0 N–H and O–H groups in total. The summed E-state index contributed by atoms with van der Waals surface area (Å²) < 4.78 is 10.2.